The lowest BCUT2D eigenvalue weighted by molar-refractivity contribution is -0.121. The Bertz CT molecular complexity index is 902. The summed E-state index contributed by atoms with van der Waals surface area (Å²) in [5.74, 6) is 0.598. The normalized spacial score (nSPS) is 10.4. The van der Waals surface area contributed by atoms with Gasteiger partial charge < -0.3 is 15.6 Å². The van der Waals surface area contributed by atoms with Crippen molar-refractivity contribution >= 4 is 17.5 Å². The fourth-order valence-electron chi connectivity index (χ4n) is 2.62. The lowest BCUT2D eigenvalue weighted by Crippen LogP contribution is -2.23. The quantitative estimate of drug-likeness (QED) is 0.603. The second-order valence-corrected chi connectivity index (χ2v) is 6.33. The van der Waals surface area contributed by atoms with E-state index in [2.05, 4.69) is 20.6 Å². The average Bonchev–Trinajstić information content (AvgIpc) is 3.19. The summed E-state index contributed by atoms with van der Waals surface area (Å²) < 4.78 is 0. The summed E-state index contributed by atoms with van der Waals surface area (Å²) in [4.78, 5) is 31.4. The molecule has 0 saturated heterocycles. The van der Waals surface area contributed by atoms with Gasteiger partial charge in [0.25, 0.3) is 5.91 Å². The fourth-order valence-corrected chi connectivity index (χ4v) is 2.62. The number of carbonyl (C=O) groups excluding carboxylic acids is 2. The Hall–Kier alpha value is -3.41. The van der Waals surface area contributed by atoms with Crippen molar-refractivity contribution in [3.05, 3.63) is 83.4 Å². The third-order valence-electron chi connectivity index (χ3n) is 4.13. The third kappa shape index (κ3) is 5.54. The van der Waals surface area contributed by atoms with Crippen LogP contribution in [-0.2, 0) is 17.8 Å². The summed E-state index contributed by atoms with van der Waals surface area (Å²) >= 11 is 0. The average molecular weight is 362 g/mol. The first-order valence-electron chi connectivity index (χ1n) is 8.82. The molecule has 0 unspecified atom stereocenters. The van der Waals surface area contributed by atoms with E-state index in [1.54, 1.807) is 24.5 Å². The minimum Gasteiger partial charge on any atom is -0.352 e. The maximum Gasteiger partial charge on any atom is 0.255 e. The molecule has 6 nitrogen and oxygen atoms in total. The Kier molecular flexibility index (Phi) is 5.99. The smallest absolute Gasteiger partial charge is 0.255 e. The Morgan fingerprint density at radius 3 is 2.67 bits per heavy atom. The molecule has 6 heteroatoms. The number of hydrogen-bond acceptors (Lipinski definition) is 3. The van der Waals surface area contributed by atoms with Crippen LogP contribution < -0.4 is 10.6 Å². The third-order valence-corrected chi connectivity index (χ3v) is 4.13. The summed E-state index contributed by atoms with van der Waals surface area (Å²) in [6.45, 7) is 2.39. The lowest BCUT2D eigenvalue weighted by Gasteiger charge is -2.09. The number of imidazole rings is 1. The van der Waals surface area contributed by atoms with Crippen LogP contribution in [0.1, 0.15) is 33.7 Å². The number of H-pyrrole nitrogens is 1. The van der Waals surface area contributed by atoms with Gasteiger partial charge in [-0.05, 0) is 36.8 Å². The van der Waals surface area contributed by atoms with Gasteiger partial charge in [0.2, 0.25) is 5.91 Å². The number of benzene rings is 2. The molecule has 0 aliphatic rings. The van der Waals surface area contributed by atoms with Crippen LogP contribution in [0.5, 0.6) is 0 Å². The standard InChI is InChI=1S/C21H22N4O2/c1-15-5-7-17(8-6-15)21(27)25-18-4-2-3-16(13-18)14-24-20(26)10-9-19-22-11-12-23-19/h2-8,11-13H,9-10,14H2,1H3,(H,22,23)(H,24,26)(H,25,27). The molecule has 0 saturated carbocycles. The summed E-state index contributed by atoms with van der Waals surface area (Å²) in [5, 5.41) is 5.77. The SMILES string of the molecule is Cc1ccc(C(=O)Nc2cccc(CNC(=O)CCc3ncc[nH]3)c2)cc1. The highest BCUT2D eigenvalue weighted by Crippen LogP contribution is 2.13. The Morgan fingerprint density at radius 1 is 1.11 bits per heavy atom. The summed E-state index contributed by atoms with van der Waals surface area (Å²) in [6.07, 6.45) is 4.36. The second-order valence-electron chi connectivity index (χ2n) is 6.33. The van der Waals surface area contributed by atoms with Gasteiger partial charge in [0, 0.05) is 43.0 Å². The van der Waals surface area contributed by atoms with Gasteiger partial charge in [-0.15, -0.1) is 0 Å². The van der Waals surface area contributed by atoms with Crippen LogP contribution in [0.2, 0.25) is 0 Å². The summed E-state index contributed by atoms with van der Waals surface area (Å²) in [5.41, 5.74) is 3.33. The summed E-state index contributed by atoms with van der Waals surface area (Å²) in [7, 11) is 0. The van der Waals surface area contributed by atoms with E-state index in [-0.39, 0.29) is 11.8 Å². The van der Waals surface area contributed by atoms with E-state index in [9.17, 15) is 9.59 Å². The van der Waals surface area contributed by atoms with Crippen molar-refractivity contribution in [2.24, 2.45) is 0 Å². The molecule has 1 heterocycles. The van der Waals surface area contributed by atoms with E-state index in [4.69, 9.17) is 0 Å². The molecular weight excluding hydrogens is 340 g/mol. The predicted octanol–water partition coefficient (Wildman–Crippen LogP) is 3.22. The van der Waals surface area contributed by atoms with Crippen LogP contribution in [0.4, 0.5) is 5.69 Å². The van der Waals surface area contributed by atoms with Crippen LogP contribution in [-0.4, -0.2) is 21.8 Å². The first-order valence-corrected chi connectivity index (χ1v) is 8.82. The molecule has 27 heavy (non-hydrogen) atoms. The summed E-state index contributed by atoms with van der Waals surface area (Å²) in [6, 6.07) is 14.9. The van der Waals surface area contributed by atoms with E-state index in [1.807, 2.05) is 43.3 Å². The Labute approximate surface area is 158 Å². The molecule has 0 radical (unpaired) electrons. The first kappa shape index (κ1) is 18.4. The number of aryl methyl sites for hydroxylation is 2. The van der Waals surface area contributed by atoms with Crippen molar-refractivity contribution in [3.8, 4) is 0 Å². The zero-order valence-corrected chi connectivity index (χ0v) is 15.2. The van der Waals surface area contributed by atoms with Crippen molar-refractivity contribution in [2.75, 3.05) is 5.32 Å². The number of anilines is 1. The van der Waals surface area contributed by atoms with E-state index >= 15 is 0 Å². The minimum atomic E-state index is -0.158. The lowest BCUT2D eigenvalue weighted by atomic mass is 10.1. The van der Waals surface area contributed by atoms with Crippen molar-refractivity contribution in [3.63, 3.8) is 0 Å². The molecule has 138 valence electrons. The van der Waals surface area contributed by atoms with E-state index < -0.39 is 0 Å². The molecule has 2 aromatic carbocycles. The largest absolute Gasteiger partial charge is 0.352 e. The Morgan fingerprint density at radius 2 is 1.93 bits per heavy atom. The van der Waals surface area contributed by atoms with Crippen LogP contribution in [0, 0.1) is 6.92 Å². The molecule has 3 rings (SSSR count). The highest BCUT2D eigenvalue weighted by molar-refractivity contribution is 6.04. The number of hydrogen-bond donors (Lipinski definition) is 3. The Balaban J connectivity index is 1.51. The van der Waals surface area contributed by atoms with Crippen LogP contribution in [0.15, 0.2) is 60.9 Å². The molecular formula is C21H22N4O2. The van der Waals surface area contributed by atoms with Gasteiger partial charge in [-0.1, -0.05) is 29.8 Å². The molecule has 3 N–H and O–H groups in total. The maximum atomic E-state index is 12.3. The number of amides is 2. The van der Waals surface area contributed by atoms with Gasteiger partial charge in [0.15, 0.2) is 0 Å². The highest BCUT2D eigenvalue weighted by atomic mass is 16.2. The van der Waals surface area contributed by atoms with Gasteiger partial charge in [-0.3, -0.25) is 9.59 Å². The molecule has 3 aromatic rings. The van der Waals surface area contributed by atoms with Gasteiger partial charge in [-0.25, -0.2) is 4.98 Å². The molecule has 0 aliphatic heterocycles. The molecule has 0 fully saturated rings. The zero-order valence-electron chi connectivity index (χ0n) is 15.2. The van der Waals surface area contributed by atoms with Crippen molar-refractivity contribution in [1.82, 2.24) is 15.3 Å². The molecule has 0 aliphatic carbocycles. The maximum absolute atomic E-state index is 12.3. The number of aromatic amines is 1. The molecule has 1 aromatic heterocycles. The highest BCUT2D eigenvalue weighted by Gasteiger charge is 2.07. The number of aromatic nitrogens is 2. The van der Waals surface area contributed by atoms with Gasteiger partial charge in [0.1, 0.15) is 5.82 Å². The molecule has 2 amide bonds. The van der Waals surface area contributed by atoms with E-state index in [1.165, 1.54) is 0 Å². The van der Waals surface area contributed by atoms with Gasteiger partial charge >= 0.3 is 0 Å². The van der Waals surface area contributed by atoms with Gasteiger partial charge in [-0.2, -0.15) is 0 Å². The predicted molar refractivity (Wildman–Crippen MR) is 104 cm³/mol. The second kappa shape index (κ2) is 8.80. The molecule has 0 atom stereocenters. The van der Waals surface area contributed by atoms with Crippen molar-refractivity contribution in [2.45, 2.75) is 26.3 Å². The van der Waals surface area contributed by atoms with Gasteiger partial charge in [0.05, 0.1) is 0 Å². The minimum absolute atomic E-state index is 0.0412. The van der Waals surface area contributed by atoms with Crippen LogP contribution in [0.3, 0.4) is 0 Å². The number of nitrogens with zero attached hydrogens (tertiary/aromatic N) is 1. The first-order chi connectivity index (χ1) is 13.1. The van der Waals surface area contributed by atoms with Crippen molar-refractivity contribution < 1.29 is 9.59 Å². The molecule has 0 spiro atoms. The number of nitrogens with one attached hydrogen (secondary N) is 3. The molecule has 0 bridgehead atoms. The number of rotatable bonds is 7. The van der Waals surface area contributed by atoms with Crippen LogP contribution in [0.25, 0.3) is 0 Å². The van der Waals surface area contributed by atoms with E-state index in [0.29, 0.717) is 30.6 Å². The fraction of sp³-hybridized carbons (Fsp3) is 0.190. The van der Waals surface area contributed by atoms with E-state index in [0.717, 1.165) is 17.0 Å². The number of carbonyl (C=O) groups is 2. The zero-order chi connectivity index (χ0) is 19.1. The van der Waals surface area contributed by atoms with Crippen LogP contribution >= 0.6 is 0 Å². The monoisotopic (exact) mass is 362 g/mol. The topological polar surface area (TPSA) is 86.9 Å². The van der Waals surface area contributed by atoms with Crippen molar-refractivity contribution in [1.29, 1.82) is 0 Å².